The Morgan fingerprint density at radius 1 is 0.957 bits per heavy atom. The molecule has 0 radical (unpaired) electrons. The van der Waals surface area contributed by atoms with Crippen LogP contribution < -0.4 is 10.6 Å². The van der Waals surface area contributed by atoms with E-state index in [1.165, 1.54) is 11.7 Å². The van der Waals surface area contributed by atoms with Crippen LogP contribution in [0.15, 0.2) is 61.2 Å². The molecule has 3 aromatic rings. The average molecular weight is 306 g/mol. The lowest BCUT2D eigenvalue weighted by atomic mass is 10.0. The zero-order valence-electron chi connectivity index (χ0n) is 12.7. The molecular weight excluding hydrogens is 288 g/mol. The quantitative estimate of drug-likeness (QED) is 0.761. The first-order valence-electron chi connectivity index (χ1n) is 7.55. The maximum Gasteiger partial charge on any atom is 0.315 e. The van der Waals surface area contributed by atoms with E-state index >= 15 is 0 Å². The molecule has 0 saturated carbocycles. The molecule has 2 aromatic carbocycles. The highest BCUT2D eigenvalue weighted by Crippen LogP contribution is 2.18. The van der Waals surface area contributed by atoms with E-state index in [1.807, 2.05) is 24.3 Å². The third-order valence-electron chi connectivity index (χ3n) is 3.63. The highest BCUT2D eigenvalue weighted by atomic mass is 16.2. The van der Waals surface area contributed by atoms with E-state index in [4.69, 9.17) is 0 Å². The molecule has 2 amide bonds. The summed E-state index contributed by atoms with van der Waals surface area (Å²) in [5, 5.41) is 8.08. The number of urea groups is 1. The Kier molecular flexibility index (Phi) is 4.79. The molecule has 5 heteroatoms. The number of carbonyl (C=O) groups is 1. The summed E-state index contributed by atoms with van der Waals surface area (Å²) < 4.78 is 0. The van der Waals surface area contributed by atoms with Crippen LogP contribution in [0.4, 0.5) is 4.79 Å². The molecule has 116 valence electrons. The minimum atomic E-state index is -0.171. The largest absolute Gasteiger partial charge is 0.338 e. The van der Waals surface area contributed by atoms with Gasteiger partial charge in [0.1, 0.15) is 6.33 Å². The fourth-order valence-electron chi connectivity index (χ4n) is 2.46. The summed E-state index contributed by atoms with van der Waals surface area (Å²) in [7, 11) is 0. The highest BCUT2D eigenvalue weighted by molar-refractivity contribution is 5.86. The summed E-state index contributed by atoms with van der Waals surface area (Å²) in [6, 6.07) is 14.1. The van der Waals surface area contributed by atoms with Gasteiger partial charge in [0.15, 0.2) is 0 Å². The second-order valence-corrected chi connectivity index (χ2v) is 5.24. The number of nitrogens with zero attached hydrogens (tertiary/aromatic N) is 2. The zero-order chi connectivity index (χ0) is 15.9. The summed E-state index contributed by atoms with van der Waals surface area (Å²) in [5.74, 6) is 0. The smallest absolute Gasteiger partial charge is 0.315 e. The minimum Gasteiger partial charge on any atom is -0.338 e. The molecule has 23 heavy (non-hydrogen) atoms. The van der Waals surface area contributed by atoms with E-state index in [-0.39, 0.29) is 6.03 Å². The molecule has 0 saturated heterocycles. The van der Waals surface area contributed by atoms with Crippen LogP contribution in [-0.2, 0) is 13.0 Å². The first-order valence-corrected chi connectivity index (χ1v) is 7.55. The Labute approximate surface area is 134 Å². The van der Waals surface area contributed by atoms with E-state index in [1.54, 1.807) is 12.4 Å². The predicted octanol–water partition coefficient (Wildman–Crippen LogP) is 2.67. The Hall–Kier alpha value is -2.95. The zero-order valence-corrected chi connectivity index (χ0v) is 12.7. The van der Waals surface area contributed by atoms with Crippen LogP contribution >= 0.6 is 0 Å². The first-order chi connectivity index (χ1) is 11.3. The van der Waals surface area contributed by atoms with Crippen molar-refractivity contribution in [2.75, 3.05) is 6.54 Å². The predicted molar refractivity (Wildman–Crippen MR) is 89.9 cm³/mol. The number of amides is 2. The molecule has 0 aliphatic rings. The van der Waals surface area contributed by atoms with Gasteiger partial charge in [-0.2, -0.15) is 0 Å². The van der Waals surface area contributed by atoms with E-state index in [2.05, 4.69) is 38.8 Å². The number of aromatic nitrogens is 2. The van der Waals surface area contributed by atoms with Crippen LogP contribution in [0, 0.1) is 0 Å². The van der Waals surface area contributed by atoms with Gasteiger partial charge in [-0.3, -0.25) is 0 Å². The lowest BCUT2D eigenvalue weighted by Gasteiger charge is -2.09. The summed E-state index contributed by atoms with van der Waals surface area (Å²) in [6.07, 6.45) is 5.71. The van der Waals surface area contributed by atoms with E-state index in [0.29, 0.717) is 19.5 Å². The van der Waals surface area contributed by atoms with Gasteiger partial charge >= 0.3 is 6.03 Å². The summed E-state index contributed by atoms with van der Waals surface area (Å²) in [5.41, 5.74) is 2.11. The second kappa shape index (κ2) is 7.35. The topological polar surface area (TPSA) is 66.9 Å². The van der Waals surface area contributed by atoms with Crippen molar-refractivity contribution < 1.29 is 4.79 Å². The highest BCUT2D eigenvalue weighted by Gasteiger charge is 2.03. The number of carbonyl (C=O) groups excluding carboxylic acids is 1. The Balaban J connectivity index is 1.50. The monoisotopic (exact) mass is 306 g/mol. The molecule has 0 aliphatic heterocycles. The fourth-order valence-corrected chi connectivity index (χ4v) is 2.46. The van der Waals surface area contributed by atoms with Crippen molar-refractivity contribution >= 4 is 16.8 Å². The molecule has 0 bridgehead atoms. The van der Waals surface area contributed by atoms with Crippen molar-refractivity contribution in [3.63, 3.8) is 0 Å². The molecule has 5 nitrogen and oxygen atoms in total. The molecule has 0 fully saturated rings. The van der Waals surface area contributed by atoms with Crippen LogP contribution in [-0.4, -0.2) is 22.5 Å². The number of hydrogen-bond acceptors (Lipinski definition) is 3. The molecule has 0 unspecified atom stereocenters. The number of hydrogen-bond donors (Lipinski definition) is 2. The van der Waals surface area contributed by atoms with Crippen molar-refractivity contribution in [1.82, 2.24) is 20.6 Å². The molecule has 3 rings (SSSR count). The number of rotatable bonds is 5. The Morgan fingerprint density at radius 2 is 1.74 bits per heavy atom. The summed E-state index contributed by atoms with van der Waals surface area (Å²) in [6.45, 7) is 1.05. The molecule has 1 heterocycles. The van der Waals surface area contributed by atoms with Crippen molar-refractivity contribution in [3.05, 3.63) is 72.3 Å². The molecule has 0 spiro atoms. The van der Waals surface area contributed by atoms with Crippen LogP contribution in [0.1, 0.15) is 11.1 Å². The SMILES string of the molecule is O=C(NCCc1cncnc1)NCc1cccc2ccccc12. The van der Waals surface area contributed by atoms with Crippen LogP contribution in [0.3, 0.4) is 0 Å². The fraction of sp³-hybridized carbons (Fsp3) is 0.167. The summed E-state index contributed by atoms with van der Waals surface area (Å²) >= 11 is 0. The average Bonchev–Trinajstić information content (AvgIpc) is 2.61. The van der Waals surface area contributed by atoms with Crippen molar-refractivity contribution in [2.45, 2.75) is 13.0 Å². The van der Waals surface area contributed by atoms with Gasteiger partial charge in [0, 0.05) is 25.5 Å². The molecular formula is C18H18N4O. The van der Waals surface area contributed by atoms with Crippen molar-refractivity contribution in [2.24, 2.45) is 0 Å². The van der Waals surface area contributed by atoms with Crippen molar-refractivity contribution in [3.8, 4) is 0 Å². The maximum absolute atomic E-state index is 11.9. The van der Waals surface area contributed by atoms with Gasteiger partial charge in [0.25, 0.3) is 0 Å². The molecule has 0 atom stereocenters. The number of fused-ring (bicyclic) bond motifs is 1. The normalized spacial score (nSPS) is 10.4. The van der Waals surface area contributed by atoms with Gasteiger partial charge in [0.05, 0.1) is 0 Å². The van der Waals surface area contributed by atoms with Gasteiger partial charge < -0.3 is 10.6 Å². The van der Waals surface area contributed by atoms with Crippen LogP contribution in [0.2, 0.25) is 0 Å². The third-order valence-corrected chi connectivity index (χ3v) is 3.63. The van der Waals surface area contributed by atoms with Crippen LogP contribution in [0.5, 0.6) is 0 Å². The van der Waals surface area contributed by atoms with Gasteiger partial charge in [-0.05, 0) is 28.3 Å². The maximum atomic E-state index is 11.9. The van der Waals surface area contributed by atoms with Gasteiger partial charge in [-0.15, -0.1) is 0 Å². The Morgan fingerprint density at radius 3 is 2.61 bits per heavy atom. The first kappa shape index (κ1) is 15.0. The number of nitrogens with one attached hydrogen (secondary N) is 2. The van der Waals surface area contributed by atoms with Crippen molar-refractivity contribution in [1.29, 1.82) is 0 Å². The second-order valence-electron chi connectivity index (χ2n) is 5.24. The van der Waals surface area contributed by atoms with Gasteiger partial charge in [-0.1, -0.05) is 42.5 Å². The lowest BCUT2D eigenvalue weighted by molar-refractivity contribution is 0.240. The third kappa shape index (κ3) is 4.03. The lowest BCUT2D eigenvalue weighted by Crippen LogP contribution is -2.36. The van der Waals surface area contributed by atoms with Crippen LogP contribution in [0.25, 0.3) is 10.8 Å². The number of benzene rings is 2. The van der Waals surface area contributed by atoms with Gasteiger partial charge in [0.2, 0.25) is 0 Å². The summed E-state index contributed by atoms with van der Waals surface area (Å²) in [4.78, 5) is 19.8. The molecule has 1 aromatic heterocycles. The van der Waals surface area contributed by atoms with Gasteiger partial charge in [-0.25, -0.2) is 14.8 Å². The molecule has 2 N–H and O–H groups in total. The molecule has 0 aliphatic carbocycles. The van der Waals surface area contributed by atoms with E-state index < -0.39 is 0 Å². The van der Waals surface area contributed by atoms with E-state index in [0.717, 1.165) is 16.5 Å². The minimum absolute atomic E-state index is 0.171. The standard InChI is InChI=1S/C18H18N4O/c23-18(21-9-8-14-10-19-13-20-11-14)22-12-16-6-3-5-15-4-1-2-7-17(15)16/h1-7,10-11,13H,8-9,12H2,(H2,21,22,23). The Bertz CT molecular complexity index is 784. The van der Waals surface area contributed by atoms with E-state index in [9.17, 15) is 4.79 Å².